The van der Waals surface area contributed by atoms with Crippen LogP contribution in [0.3, 0.4) is 0 Å². The average molecular weight is 210 g/mol. The number of rotatable bonds is 1. The van der Waals surface area contributed by atoms with Gasteiger partial charge in [-0.05, 0) is 17.9 Å². The van der Waals surface area contributed by atoms with Gasteiger partial charge in [-0.15, -0.1) is 11.3 Å². The molecule has 2 rings (SSSR count). The molecule has 2 amide bonds. The fourth-order valence-electron chi connectivity index (χ4n) is 1.67. The van der Waals surface area contributed by atoms with Crippen LogP contribution in [0.25, 0.3) is 0 Å². The predicted molar refractivity (Wildman–Crippen MR) is 53.3 cm³/mol. The van der Waals surface area contributed by atoms with Gasteiger partial charge in [0, 0.05) is 16.9 Å². The van der Waals surface area contributed by atoms with E-state index in [0.29, 0.717) is 12.8 Å². The maximum absolute atomic E-state index is 11.4. The van der Waals surface area contributed by atoms with Gasteiger partial charge in [-0.1, -0.05) is 0 Å². The number of thiophene rings is 1. The molecule has 74 valence electrons. The van der Waals surface area contributed by atoms with Crippen molar-refractivity contribution < 1.29 is 9.59 Å². The van der Waals surface area contributed by atoms with E-state index in [0.717, 1.165) is 10.4 Å². The van der Waals surface area contributed by atoms with E-state index in [9.17, 15) is 9.59 Å². The van der Waals surface area contributed by atoms with Crippen LogP contribution in [0, 0.1) is 0 Å². The smallest absolute Gasteiger partial charge is 0.312 e. The van der Waals surface area contributed by atoms with Gasteiger partial charge in [0.05, 0.1) is 6.04 Å². The SMILES string of the molecule is NC(=O)NC1CCC(=O)c2ccsc21. The molecule has 0 aromatic carbocycles. The third kappa shape index (κ3) is 1.50. The van der Waals surface area contributed by atoms with Gasteiger partial charge in [-0.3, -0.25) is 4.79 Å². The third-order valence-corrected chi connectivity index (χ3v) is 3.32. The van der Waals surface area contributed by atoms with E-state index < -0.39 is 6.03 Å². The standard InChI is InChI=1S/C9H10N2O2S/c10-9(13)11-6-1-2-7(12)5-3-4-14-8(5)6/h3-4,6H,1-2H2,(H3,10,11,13). The second-order valence-corrected chi connectivity index (χ2v) is 4.17. The molecule has 1 heterocycles. The van der Waals surface area contributed by atoms with E-state index in [1.807, 2.05) is 5.38 Å². The van der Waals surface area contributed by atoms with Crippen LogP contribution in [-0.2, 0) is 0 Å². The molecule has 5 heteroatoms. The number of hydrogen-bond donors (Lipinski definition) is 2. The molecule has 1 aliphatic rings. The number of urea groups is 1. The number of ketones is 1. The molecule has 4 nitrogen and oxygen atoms in total. The first-order chi connectivity index (χ1) is 6.68. The van der Waals surface area contributed by atoms with Gasteiger partial charge in [0.15, 0.2) is 5.78 Å². The molecule has 1 aromatic rings. The number of fused-ring (bicyclic) bond motifs is 1. The summed E-state index contributed by atoms with van der Waals surface area (Å²) in [6, 6.07) is 1.18. The minimum absolute atomic E-state index is 0.0831. The van der Waals surface area contributed by atoms with Crippen molar-refractivity contribution in [3.05, 3.63) is 21.9 Å². The molecule has 1 atom stereocenters. The molecule has 1 unspecified atom stereocenters. The summed E-state index contributed by atoms with van der Waals surface area (Å²) in [6.07, 6.45) is 1.13. The first kappa shape index (κ1) is 9.21. The molecule has 1 aromatic heterocycles. The second kappa shape index (κ2) is 3.42. The lowest BCUT2D eigenvalue weighted by molar-refractivity contribution is 0.0965. The zero-order valence-corrected chi connectivity index (χ0v) is 8.26. The number of Topliss-reactive ketones (excluding diaryl/α,β-unsaturated/α-hetero) is 1. The quantitative estimate of drug-likeness (QED) is 0.736. The summed E-state index contributed by atoms with van der Waals surface area (Å²) in [4.78, 5) is 23.1. The first-order valence-corrected chi connectivity index (χ1v) is 5.23. The molecule has 3 N–H and O–H groups in total. The van der Waals surface area contributed by atoms with Crippen molar-refractivity contribution in [3.8, 4) is 0 Å². The molecule has 0 spiro atoms. The zero-order chi connectivity index (χ0) is 10.1. The Balaban J connectivity index is 2.29. The van der Waals surface area contributed by atoms with E-state index in [4.69, 9.17) is 5.73 Å². The molecule has 0 bridgehead atoms. The second-order valence-electron chi connectivity index (χ2n) is 3.22. The van der Waals surface area contributed by atoms with Gasteiger partial charge in [0.25, 0.3) is 0 Å². The average Bonchev–Trinajstić information content (AvgIpc) is 2.58. The summed E-state index contributed by atoms with van der Waals surface area (Å²) in [6.45, 7) is 0. The third-order valence-electron chi connectivity index (χ3n) is 2.29. The van der Waals surface area contributed by atoms with Gasteiger partial charge < -0.3 is 11.1 Å². The van der Waals surface area contributed by atoms with Crippen molar-refractivity contribution in [2.24, 2.45) is 5.73 Å². The van der Waals surface area contributed by atoms with Gasteiger partial charge in [-0.25, -0.2) is 4.79 Å². The van der Waals surface area contributed by atoms with Gasteiger partial charge in [-0.2, -0.15) is 0 Å². The molecule has 1 aliphatic carbocycles. The number of primary amides is 1. The minimum Gasteiger partial charge on any atom is -0.352 e. The maximum Gasteiger partial charge on any atom is 0.312 e. The summed E-state index contributed by atoms with van der Waals surface area (Å²) in [7, 11) is 0. The van der Waals surface area contributed by atoms with Crippen LogP contribution < -0.4 is 11.1 Å². The van der Waals surface area contributed by atoms with Gasteiger partial charge >= 0.3 is 6.03 Å². The lowest BCUT2D eigenvalue weighted by atomic mass is 9.94. The molecule has 0 aliphatic heterocycles. The zero-order valence-electron chi connectivity index (χ0n) is 7.45. The van der Waals surface area contributed by atoms with E-state index in [1.54, 1.807) is 6.07 Å². The van der Waals surface area contributed by atoms with Crippen molar-refractivity contribution in [1.29, 1.82) is 0 Å². The normalized spacial score (nSPS) is 20.3. The number of carbonyl (C=O) groups excluding carboxylic acids is 2. The molecular weight excluding hydrogens is 200 g/mol. The molecule has 0 saturated carbocycles. The Morgan fingerprint density at radius 1 is 1.64 bits per heavy atom. The Morgan fingerprint density at radius 2 is 2.43 bits per heavy atom. The highest BCUT2D eigenvalue weighted by Crippen LogP contribution is 2.33. The Labute approximate surface area is 85.1 Å². The summed E-state index contributed by atoms with van der Waals surface area (Å²) in [5.41, 5.74) is 5.79. The van der Waals surface area contributed by atoms with E-state index in [1.165, 1.54) is 11.3 Å². The maximum atomic E-state index is 11.4. The molecule has 0 saturated heterocycles. The lowest BCUT2D eigenvalue weighted by Crippen LogP contribution is -2.35. The van der Waals surface area contributed by atoms with Crippen LogP contribution >= 0.6 is 11.3 Å². The summed E-state index contributed by atoms with van der Waals surface area (Å²) >= 11 is 1.49. The van der Waals surface area contributed by atoms with Crippen LogP contribution in [0.15, 0.2) is 11.4 Å². The minimum atomic E-state index is -0.538. The predicted octanol–water partition coefficient (Wildman–Crippen LogP) is 1.43. The Morgan fingerprint density at radius 3 is 3.14 bits per heavy atom. The van der Waals surface area contributed by atoms with E-state index in [-0.39, 0.29) is 11.8 Å². The Bertz CT molecular complexity index is 386. The van der Waals surface area contributed by atoms with Crippen molar-refractivity contribution in [2.45, 2.75) is 18.9 Å². The number of hydrogen-bond acceptors (Lipinski definition) is 3. The molecule has 0 radical (unpaired) electrons. The van der Waals surface area contributed by atoms with Crippen LogP contribution in [0.2, 0.25) is 0 Å². The van der Waals surface area contributed by atoms with Crippen molar-refractivity contribution >= 4 is 23.2 Å². The highest BCUT2D eigenvalue weighted by Gasteiger charge is 2.27. The summed E-state index contributed by atoms with van der Waals surface area (Å²) < 4.78 is 0. The van der Waals surface area contributed by atoms with E-state index in [2.05, 4.69) is 5.32 Å². The van der Waals surface area contributed by atoms with Crippen LogP contribution in [0.4, 0.5) is 4.79 Å². The Hall–Kier alpha value is -1.36. The molecule has 0 fully saturated rings. The summed E-state index contributed by atoms with van der Waals surface area (Å²) in [5.74, 6) is 0.156. The number of carbonyl (C=O) groups is 2. The lowest BCUT2D eigenvalue weighted by Gasteiger charge is -2.21. The highest BCUT2D eigenvalue weighted by atomic mass is 32.1. The fourth-order valence-corrected chi connectivity index (χ4v) is 2.67. The summed E-state index contributed by atoms with van der Waals surface area (Å²) in [5, 5.41) is 4.51. The van der Waals surface area contributed by atoms with Crippen LogP contribution in [-0.4, -0.2) is 11.8 Å². The van der Waals surface area contributed by atoms with Crippen LogP contribution in [0.1, 0.15) is 34.1 Å². The van der Waals surface area contributed by atoms with Gasteiger partial charge in [0.2, 0.25) is 0 Å². The van der Waals surface area contributed by atoms with Crippen molar-refractivity contribution in [2.75, 3.05) is 0 Å². The molecular formula is C9H10N2O2S. The van der Waals surface area contributed by atoms with E-state index >= 15 is 0 Å². The van der Waals surface area contributed by atoms with Crippen LogP contribution in [0.5, 0.6) is 0 Å². The monoisotopic (exact) mass is 210 g/mol. The number of amides is 2. The highest BCUT2D eigenvalue weighted by molar-refractivity contribution is 7.10. The first-order valence-electron chi connectivity index (χ1n) is 4.35. The molecule has 14 heavy (non-hydrogen) atoms. The van der Waals surface area contributed by atoms with Crippen molar-refractivity contribution in [3.63, 3.8) is 0 Å². The van der Waals surface area contributed by atoms with Gasteiger partial charge in [0.1, 0.15) is 0 Å². The van der Waals surface area contributed by atoms with Crippen molar-refractivity contribution in [1.82, 2.24) is 5.32 Å². The number of nitrogens with one attached hydrogen (secondary N) is 1. The fraction of sp³-hybridized carbons (Fsp3) is 0.333. The largest absolute Gasteiger partial charge is 0.352 e. The topological polar surface area (TPSA) is 72.2 Å². The Kier molecular flexibility index (Phi) is 2.25. The number of nitrogens with two attached hydrogens (primary N) is 1.